The summed E-state index contributed by atoms with van der Waals surface area (Å²) in [7, 11) is 0. The fraction of sp³-hybridized carbons (Fsp3) is 0.484. The Bertz CT molecular complexity index is 1220. The topological polar surface area (TPSA) is 183 Å². The summed E-state index contributed by atoms with van der Waals surface area (Å²) in [5.41, 5.74) is 6.53. The van der Waals surface area contributed by atoms with Gasteiger partial charge in [0.15, 0.2) is 0 Å². The van der Waals surface area contributed by atoms with Gasteiger partial charge in [-0.2, -0.15) is 0 Å². The van der Waals surface area contributed by atoms with Crippen molar-refractivity contribution in [2.45, 2.75) is 82.5 Å². The minimum Gasteiger partial charge on any atom is -0.445 e. The Balaban J connectivity index is 1.68. The summed E-state index contributed by atoms with van der Waals surface area (Å²) in [6.45, 7) is 6.00. The van der Waals surface area contributed by atoms with E-state index in [9.17, 15) is 29.4 Å². The number of amides is 4. The van der Waals surface area contributed by atoms with Crippen LogP contribution in [0.4, 0.5) is 4.79 Å². The highest BCUT2D eigenvalue weighted by atomic mass is 16.5. The standard InChI is InChI=1S/C31H43N5O7/c1-31(2,3)36-18-22(37)15-25(36)29(41)33-17-26(38)23(14-20-10-6-4-7-11-20)34-28(40)24(16-27(32)39)35-30(42)43-19-21-12-8-5-9-13-21/h4-13,22-26,37-38H,14-19H2,1-3H3,(H2,32,39)(H,33,41)(H,34,40)(H,35,42)/t22-,23+,24+,25+,26-/m1/s1. The number of ether oxygens (including phenoxy) is 1. The number of β-amino-alcohol motifs (C(OH)–C–C–N with tert-alkyl or cyclic N) is 1. The molecule has 1 saturated heterocycles. The van der Waals surface area contributed by atoms with E-state index in [0.717, 1.165) is 11.1 Å². The van der Waals surface area contributed by atoms with Crippen LogP contribution in [0.25, 0.3) is 0 Å². The van der Waals surface area contributed by atoms with Crippen LogP contribution in [0.2, 0.25) is 0 Å². The van der Waals surface area contributed by atoms with Gasteiger partial charge in [0, 0.05) is 18.6 Å². The second kappa shape index (κ2) is 15.5. The molecule has 0 radical (unpaired) electrons. The fourth-order valence-electron chi connectivity index (χ4n) is 5.02. The van der Waals surface area contributed by atoms with E-state index in [1.54, 1.807) is 24.3 Å². The maximum Gasteiger partial charge on any atom is 0.408 e. The number of aliphatic hydroxyl groups is 2. The molecule has 7 N–H and O–H groups in total. The van der Waals surface area contributed by atoms with Gasteiger partial charge >= 0.3 is 6.09 Å². The molecule has 1 heterocycles. The van der Waals surface area contributed by atoms with Crippen molar-refractivity contribution >= 4 is 23.8 Å². The van der Waals surface area contributed by atoms with Crippen molar-refractivity contribution in [1.82, 2.24) is 20.9 Å². The molecular formula is C31H43N5O7. The van der Waals surface area contributed by atoms with Gasteiger partial charge in [0.2, 0.25) is 17.7 Å². The third-order valence-electron chi connectivity index (χ3n) is 7.25. The number of likely N-dealkylation sites (tertiary alicyclic amines) is 1. The Labute approximate surface area is 252 Å². The van der Waals surface area contributed by atoms with Crippen molar-refractivity contribution in [2.24, 2.45) is 5.73 Å². The molecule has 0 aliphatic carbocycles. The summed E-state index contributed by atoms with van der Waals surface area (Å²) in [5, 5.41) is 29.2. The molecule has 1 aliphatic rings. The van der Waals surface area contributed by atoms with E-state index in [1.807, 2.05) is 62.1 Å². The molecule has 0 aromatic heterocycles. The van der Waals surface area contributed by atoms with E-state index < -0.39 is 54.7 Å². The molecule has 4 amide bonds. The fourth-order valence-corrected chi connectivity index (χ4v) is 5.02. The van der Waals surface area contributed by atoms with Gasteiger partial charge in [0.05, 0.1) is 30.7 Å². The Kier molecular flexibility index (Phi) is 12.0. The predicted octanol–water partition coefficient (Wildman–Crippen LogP) is 0.595. The number of primary amides is 1. The molecule has 234 valence electrons. The van der Waals surface area contributed by atoms with Crippen LogP contribution in [0, 0.1) is 0 Å². The first-order chi connectivity index (χ1) is 20.3. The number of rotatable bonds is 13. The van der Waals surface area contributed by atoms with E-state index in [1.165, 1.54) is 0 Å². The molecule has 12 heteroatoms. The van der Waals surface area contributed by atoms with Gasteiger partial charge in [-0.1, -0.05) is 60.7 Å². The quantitative estimate of drug-likeness (QED) is 0.194. The second-order valence-electron chi connectivity index (χ2n) is 11.8. The number of carbonyl (C=O) groups is 4. The predicted molar refractivity (Wildman–Crippen MR) is 159 cm³/mol. The second-order valence-corrected chi connectivity index (χ2v) is 11.8. The van der Waals surface area contributed by atoms with Crippen molar-refractivity contribution in [2.75, 3.05) is 13.1 Å². The number of nitrogens with one attached hydrogen (secondary N) is 3. The molecule has 2 aromatic carbocycles. The lowest BCUT2D eigenvalue weighted by atomic mass is 10.00. The van der Waals surface area contributed by atoms with Gasteiger partial charge < -0.3 is 36.6 Å². The van der Waals surface area contributed by atoms with Crippen LogP contribution in [-0.4, -0.2) is 87.9 Å². The van der Waals surface area contributed by atoms with Crippen molar-refractivity contribution < 1.29 is 34.1 Å². The highest BCUT2D eigenvalue weighted by Crippen LogP contribution is 2.26. The third-order valence-corrected chi connectivity index (χ3v) is 7.25. The Morgan fingerprint density at radius 2 is 1.60 bits per heavy atom. The Morgan fingerprint density at radius 1 is 1.00 bits per heavy atom. The average Bonchev–Trinajstić information content (AvgIpc) is 3.37. The minimum atomic E-state index is -1.36. The van der Waals surface area contributed by atoms with Crippen LogP contribution in [0.1, 0.15) is 44.7 Å². The summed E-state index contributed by atoms with van der Waals surface area (Å²) in [4.78, 5) is 52.5. The molecule has 0 saturated carbocycles. The van der Waals surface area contributed by atoms with Gasteiger partial charge in [0.25, 0.3) is 0 Å². The molecule has 3 rings (SSSR count). The first kappa shape index (κ1) is 33.5. The summed E-state index contributed by atoms with van der Waals surface area (Å²) >= 11 is 0. The number of carbonyl (C=O) groups excluding carboxylic acids is 4. The molecule has 0 unspecified atom stereocenters. The highest BCUT2D eigenvalue weighted by Gasteiger charge is 2.41. The highest BCUT2D eigenvalue weighted by molar-refractivity contribution is 5.90. The molecule has 0 bridgehead atoms. The number of benzene rings is 2. The lowest BCUT2D eigenvalue weighted by molar-refractivity contribution is -0.128. The summed E-state index contributed by atoms with van der Waals surface area (Å²) in [6, 6.07) is 15.2. The zero-order chi connectivity index (χ0) is 31.6. The summed E-state index contributed by atoms with van der Waals surface area (Å²) in [5.74, 6) is -1.91. The van der Waals surface area contributed by atoms with Crippen molar-refractivity contribution in [3.8, 4) is 0 Å². The van der Waals surface area contributed by atoms with Crippen LogP contribution in [-0.2, 0) is 32.1 Å². The first-order valence-corrected chi connectivity index (χ1v) is 14.3. The molecule has 2 aromatic rings. The van der Waals surface area contributed by atoms with Gasteiger partial charge in [-0.25, -0.2) is 4.79 Å². The smallest absolute Gasteiger partial charge is 0.408 e. The minimum absolute atomic E-state index is 0.0444. The number of hydrogen-bond acceptors (Lipinski definition) is 8. The van der Waals surface area contributed by atoms with Crippen molar-refractivity contribution in [3.05, 3.63) is 71.8 Å². The van der Waals surface area contributed by atoms with Crippen LogP contribution < -0.4 is 21.7 Å². The van der Waals surface area contributed by atoms with Crippen LogP contribution in [0.5, 0.6) is 0 Å². The van der Waals surface area contributed by atoms with E-state index in [-0.39, 0.29) is 37.4 Å². The zero-order valence-corrected chi connectivity index (χ0v) is 24.9. The van der Waals surface area contributed by atoms with Crippen LogP contribution >= 0.6 is 0 Å². The zero-order valence-electron chi connectivity index (χ0n) is 24.9. The SMILES string of the molecule is CC(C)(C)N1C[C@H](O)C[C@H]1C(=O)NC[C@@H](O)[C@H](Cc1ccccc1)NC(=O)[C@H](CC(N)=O)NC(=O)OCc1ccccc1. The monoisotopic (exact) mass is 597 g/mol. The van der Waals surface area contributed by atoms with E-state index in [4.69, 9.17) is 10.5 Å². The molecule has 5 atom stereocenters. The molecule has 1 fully saturated rings. The molecular weight excluding hydrogens is 554 g/mol. The third kappa shape index (κ3) is 10.7. The van der Waals surface area contributed by atoms with Gasteiger partial charge in [0.1, 0.15) is 12.6 Å². The Morgan fingerprint density at radius 3 is 2.19 bits per heavy atom. The number of aliphatic hydroxyl groups excluding tert-OH is 2. The first-order valence-electron chi connectivity index (χ1n) is 14.3. The number of nitrogens with zero attached hydrogens (tertiary/aromatic N) is 1. The normalized spacial score (nSPS) is 19.1. The lowest BCUT2D eigenvalue weighted by Crippen LogP contribution is -2.57. The maximum atomic E-state index is 13.3. The summed E-state index contributed by atoms with van der Waals surface area (Å²) in [6.07, 6.45) is -2.82. The van der Waals surface area contributed by atoms with Crippen LogP contribution in [0.15, 0.2) is 60.7 Å². The number of hydrogen-bond donors (Lipinski definition) is 6. The van der Waals surface area contributed by atoms with Gasteiger partial charge in [-0.15, -0.1) is 0 Å². The average molecular weight is 598 g/mol. The van der Waals surface area contributed by atoms with Crippen molar-refractivity contribution in [3.63, 3.8) is 0 Å². The number of nitrogens with two attached hydrogens (primary N) is 1. The van der Waals surface area contributed by atoms with Gasteiger partial charge in [-0.05, 0) is 44.7 Å². The van der Waals surface area contributed by atoms with Crippen molar-refractivity contribution in [1.29, 1.82) is 0 Å². The van der Waals surface area contributed by atoms with Gasteiger partial charge in [-0.3, -0.25) is 19.3 Å². The van der Waals surface area contributed by atoms with E-state index in [0.29, 0.717) is 6.54 Å². The largest absolute Gasteiger partial charge is 0.445 e. The molecule has 43 heavy (non-hydrogen) atoms. The molecule has 1 aliphatic heterocycles. The summed E-state index contributed by atoms with van der Waals surface area (Å²) < 4.78 is 5.19. The van der Waals surface area contributed by atoms with Crippen LogP contribution in [0.3, 0.4) is 0 Å². The molecule has 0 spiro atoms. The van der Waals surface area contributed by atoms with E-state index >= 15 is 0 Å². The maximum absolute atomic E-state index is 13.3. The molecule has 12 nitrogen and oxygen atoms in total. The number of alkyl carbamates (subject to hydrolysis) is 1. The Hall–Kier alpha value is -4.00. The lowest BCUT2D eigenvalue weighted by Gasteiger charge is -2.36. The van der Waals surface area contributed by atoms with E-state index in [2.05, 4.69) is 16.0 Å².